The van der Waals surface area contributed by atoms with Crippen molar-refractivity contribution in [2.24, 2.45) is 0 Å². The third kappa shape index (κ3) is 2.04. The van der Waals surface area contributed by atoms with Gasteiger partial charge in [-0.25, -0.2) is 0 Å². The first-order valence-electron chi connectivity index (χ1n) is 4.09. The molecule has 1 rings (SSSR count). The molecular weight excluding hydrogens is 156 g/mol. The zero-order chi connectivity index (χ0) is 8.97. The Hall–Kier alpha value is -0.900. The molecule has 0 aromatic rings. The van der Waals surface area contributed by atoms with Crippen LogP contribution in [0.1, 0.15) is 12.8 Å². The van der Waals surface area contributed by atoms with Gasteiger partial charge in [0.1, 0.15) is 0 Å². The minimum Gasteiger partial charge on any atom is -0.337 e. The number of carbonyl (C=O) groups excluding carboxylic acids is 2. The lowest BCUT2D eigenvalue weighted by Crippen LogP contribution is -2.42. The van der Waals surface area contributed by atoms with E-state index in [4.69, 9.17) is 0 Å². The molecule has 12 heavy (non-hydrogen) atoms. The molecule has 0 aliphatic carbocycles. The molecule has 1 atom stereocenters. The van der Waals surface area contributed by atoms with Gasteiger partial charge in [0.2, 0.25) is 12.2 Å². The van der Waals surface area contributed by atoms with Gasteiger partial charge in [0.25, 0.3) is 0 Å². The molecule has 1 heterocycles. The van der Waals surface area contributed by atoms with Crippen molar-refractivity contribution in [1.82, 2.24) is 10.2 Å². The van der Waals surface area contributed by atoms with Gasteiger partial charge in [0.15, 0.2) is 0 Å². The van der Waals surface area contributed by atoms with E-state index in [1.165, 1.54) is 4.90 Å². The van der Waals surface area contributed by atoms with Crippen LogP contribution in [0.15, 0.2) is 0 Å². The van der Waals surface area contributed by atoms with Crippen LogP contribution in [0, 0.1) is 0 Å². The van der Waals surface area contributed by atoms with Crippen molar-refractivity contribution in [3.05, 3.63) is 0 Å². The quantitative estimate of drug-likeness (QED) is 0.608. The van der Waals surface area contributed by atoms with Crippen molar-refractivity contribution in [3.8, 4) is 0 Å². The highest BCUT2D eigenvalue weighted by Crippen LogP contribution is 2.06. The van der Waals surface area contributed by atoms with Gasteiger partial charge in [-0.05, 0) is 19.4 Å². The van der Waals surface area contributed by atoms with Crippen LogP contribution in [-0.4, -0.2) is 43.3 Å². The monoisotopic (exact) mass is 169 g/mol. The van der Waals surface area contributed by atoms with Crippen molar-refractivity contribution in [1.29, 1.82) is 0 Å². The molecule has 1 fully saturated rings. The number of rotatable bonds is 3. The van der Waals surface area contributed by atoms with E-state index in [9.17, 15) is 9.59 Å². The fourth-order valence-electron chi connectivity index (χ4n) is 1.34. The predicted octanol–water partition coefficient (Wildman–Crippen LogP) is -0.693. The Morgan fingerprint density at radius 2 is 2.50 bits per heavy atom. The molecular formula is C8H13N2O2. The summed E-state index contributed by atoms with van der Waals surface area (Å²) in [6.45, 7) is 0.964. The summed E-state index contributed by atoms with van der Waals surface area (Å²) in [5.41, 5.74) is 0. The molecule has 1 amide bonds. The van der Waals surface area contributed by atoms with Crippen molar-refractivity contribution in [3.63, 3.8) is 0 Å². The maximum atomic E-state index is 11.4. The van der Waals surface area contributed by atoms with E-state index in [0.29, 0.717) is 0 Å². The average Bonchev–Trinajstić information content (AvgIpc) is 2.55. The fraction of sp³-hybridized carbons (Fsp3) is 0.750. The lowest BCUT2D eigenvalue weighted by atomic mass is 10.2. The van der Waals surface area contributed by atoms with Crippen molar-refractivity contribution in [2.75, 3.05) is 20.1 Å². The molecule has 1 N–H and O–H groups in total. The number of amides is 1. The first-order chi connectivity index (χ1) is 5.75. The number of hydrogen-bond donors (Lipinski definition) is 1. The van der Waals surface area contributed by atoms with Gasteiger partial charge in [-0.2, -0.15) is 0 Å². The summed E-state index contributed by atoms with van der Waals surface area (Å²) < 4.78 is 0. The molecule has 0 saturated carbocycles. The Bertz CT molecular complexity index is 176. The van der Waals surface area contributed by atoms with Gasteiger partial charge in [0.05, 0.1) is 12.6 Å². The number of hydrogen-bond acceptors (Lipinski definition) is 3. The van der Waals surface area contributed by atoms with Crippen LogP contribution in [-0.2, 0) is 9.59 Å². The zero-order valence-electron chi connectivity index (χ0n) is 7.17. The smallest absolute Gasteiger partial charge is 0.239 e. The van der Waals surface area contributed by atoms with Crippen LogP contribution in [0.3, 0.4) is 0 Å². The van der Waals surface area contributed by atoms with E-state index < -0.39 is 0 Å². The second-order valence-corrected chi connectivity index (χ2v) is 2.99. The molecule has 4 nitrogen and oxygen atoms in total. The summed E-state index contributed by atoms with van der Waals surface area (Å²) in [7, 11) is 1.62. The summed E-state index contributed by atoms with van der Waals surface area (Å²) in [5, 5.41) is 3.07. The second kappa shape index (κ2) is 4.21. The van der Waals surface area contributed by atoms with Crippen molar-refractivity contribution in [2.45, 2.75) is 18.9 Å². The summed E-state index contributed by atoms with van der Waals surface area (Å²) in [4.78, 5) is 22.8. The van der Waals surface area contributed by atoms with Crippen LogP contribution >= 0.6 is 0 Å². The summed E-state index contributed by atoms with van der Waals surface area (Å²) >= 11 is 0. The highest BCUT2D eigenvalue weighted by molar-refractivity contribution is 5.83. The minimum atomic E-state index is -0.0802. The first-order valence-corrected chi connectivity index (χ1v) is 4.09. The average molecular weight is 169 g/mol. The van der Waals surface area contributed by atoms with E-state index in [0.717, 1.165) is 19.4 Å². The van der Waals surface area contributed by atoms with E-state index in [2.05, 4.69) is 5.32 Å². The molecule has 1 aliphatic heterocycles. The normalized spacial score (nSPS) is 22.2. The molecule has 0 spiro atoms. The predicted molar refractivity (Wildman–Crippen MR) is 44.4 cm³/mol. The Kier molecular flexibility index (Phi) is 3.22. The Morgan fingerprint density at radius 1 is 1.75 bits per heavy atom. The Morgan fingerprint density at radius 3 is 3.00 bits per heavy atom. The van der Waals surface area contributed by atoms with Crippen LogP contribution in [0.4, 0.5) is 0 Å². The maximum Gasteiger partial charge on any atom is 0.239 e. The molecule has 0 aromatic carbocycles. The van der Waals surface area contributed by atoms with Crippen LogP contribution in [0.5, 0.6) is 0 Å². The van der Waals surface area contributed by atoms with Crippen molar-refractivity contribution < 1.29 is 9.59 Å². The third-order valence-corrected chi connectivity index (χ3v) is 2.04. The van der Waals surface area contributed by atoms with E-state index in [-0.39, 0.29) is 18.5 Å². The molecule has 1 saturated heterocycles. The largest absolute Gasteiger partial charge is 0.337 e. The number of nitrogens with one attached hydrogen (secondary N) is 1. The Balaban J connectivity index is 2.39. The van der Waals surface area contributed by atoms with E-state index in [1.54, 1.807) is 13.3 Å². The first kappa shape index (κ1) is 9.19. The molecule has 67 valence electrons. The lowest BCUT2D eigenvalue weighted by molar-refractivity contribution is -0.131. The van der Waals surface area contributed by atoms with Gasteiger partial charge in [0, 0.05) is 7.05 Å². The summed E-state index contributed by atoms with van der Waals surface area (Å²) in [6, 6.07) is -0.0802. The standard InChI is InChI=1S/C8H13N2O2/c1-10(5-6-11)8(12)7-3-2-4-9-7/h7,9H,2-5H2,1H3. The lowest BCUT2D eigenvalue weighted by Gasteiger charge is -2.17. The molecule has 4 heteroatoms. The van der Waals surface area contributed by atoms with Gasteiger partial charge >= 0.3 is 0 Å². The number of carbonyl (C=O) groups is 1. The van der Waals surface area contributed by atoms with Gasteiger partial charge in [-0.15, -0.1) is 0 Å². The van der Waals surface area contributed by atoms with Crippen LogP contribution in [0.25, 0.3) is 0 Å². The fourth-order valence-corrected chi connectivity index (χ4v) is 1.34. The topological polar surface area (TPSA) is 49.4 Å². The van der Waals surface area contributed by atoms with Crippen LogP contribution < -0.4 is 5.32 Å². The van der Waals surface area contributed by atoms with Gasteiger partial charge in [-0.1, -0.05) is 0 Å². The Labute approximate surface area is 71.9 Å². The minimum absolute atomic E-state index is 0.00384. The molecule has 0 bridgehead atoms. The highest BCUT2D eigenvalue weighted by Gasteiger charge is 2.24. The second-order valence-electron chi connectivity index (χ2n) is 2.99. The SMILES string of the molecule is CN(C[C]=O)C(=O)C1CCCN1. The molecule has 0 aromatic heterocycles. The van der Waals surface area contributed by atoms with Gasteiger partial charge < -0.3 is 10.2 Å². The zero-order valence-corrected chi connectivity index (χ0v) is 7.17. The third-order valence-electron chi connectivity index (χ3n) is 2.04. The number of nitrogens with zero attached hydrogens (tertiary/aromatic N) is 1. The maximum absolute atomic E-state index is 11.4. The van der Waals surface area contributed by atoms with E-state index in [1.807, 2.05) is 0 Å². The molecule has 1 radical (unpaired) electrons. The highest BCUT2D eigenvalue weighted by atomic mass is 16.2. The van der Waals surface area contributed by atoms with E-state index >= 15 is 0 Å². The van der Waals surface area contributed by atoms with Crippen molar-refractivity contribution >= 4 is 12.2 Å². The van der Waals surface area contributed by atoms with Crippen LogP contribution in [0.2, 0.25) is 0 Å². The number of likely N-dealkylation sites (N-methyl/N-ethyl adjacent to an activating group) is 1. The molecule has 1 unspecified atom stereocenters. The summed E-state index contributed by atoms with van der Waals surface area (Å²) in [5.74, 6) is -0.00384. The summed E-state index contributed by atoms with van der Waals surface area (Å²) in [6.07, 6.45) is 3.61. The molecule has 1 aliphatic rings. The van der Waals surface area contributed by atoms with Gasteiger partial charge in [-0.3, -0.25) is 9.59 Å².